The minimum atomic E-state index is 0.398. The van der Waals surface area contributed by atoms with E-state index in [1.807, 2.05) is 13.0 Å². The van der Waals surface area contributed by atoms with Gasteiger partial charge in [0.15, 0.2) is 11.6 Å². The molecule has 0 saturated heterocycles. The van der Waals surface area contributed by atoms with Crippen LogP contribution in [0.25, 0.3) is 5.82 Å². The molecule has 86 valence electrons. The number of rotatable bonds is 3. The van der Waals surface area contributed by atoms with E-state index in [-0.39, 0.29) is 0 Å². The van der Waals surface area contributed by atoms with Crippen LogP contribution in [0.15, 0.2) is 24.7 Å². The number of ether oxygens (including phenoxy) is 1. The van der Waals surface area contributed by atoms with Crippen molar-refractivity contribution in [3.8, 4) is 17.6 Å². The van der Waals surface area contributed by atoms with Crippen molar-refractivity contribution in [1.29, 1.82) is 5.26 Å². The Morgan fingerprint density at radius 1 is 1.53 bits per heavy atom. The highest BCUT2D eigenvalue weighted by atomic mass is 16.5. The first-order valence-electron chi connectivity index (χ1n) is 5.08. The summed E-state index contributed by atoms with van der Waals surface area (Å²) in [6, 6.07) is 3.54. The van der Waals surface area contributed by atoms with Crippen LogP contribution in [-0.4, -0.2) is 21.4 Å². The topological polar surface area (TPSA) is 89.8 Å². The van der Waals surface area contributed by atoms with Gasteiger partial charge < -0.3 is 10.5 Å². The first-order valence-corrected chi connectivity index (χ1v) is 5.08. The molecule has 2 heterocycles. The van der Waals surface area contributed by atoms with Crippen LogP contribution in [-0.2, 0) is 0 Å². The molecule has 0 unspecified atom stereocenters. The maximum absolute atomic E-state index is 8.71. The van der Waals surface area contributed by atoms with E-state index < -0.39 is 0 Å². The Morgan fingerprint density at radius 2 is 2.35 bits per heavy atom. The number of nitrogen functional groups attached to an aromatic ring is 1. The number of anilines is 1. The number of nitriles is 1. The van der Waals surface area contributed by atoms with E-state index in [0.29, 0.717) is 29.4 Å². The molecule has 0 fully saturated rings. The number of pyridine rings is 1. The molecule has 0 aliphatic rings. The third-order valence-corrected chi connectivity index (χ3v) is 2.11. The van der Waals surface area contributed by atoms with Crippen molar-refractivity contribution in [3.63, 3.8) is 0 Å². The van der Waals surface area contributed by atoms with E-state index in [0.717, 1.165) is 0 Å². The van der Waals surface area contributed by atoms with Gasteiger partial charge in [-0.15, -0.1) is 0 Å². The first kappa shape index (κ1) is 11.0. The normalized spacial score (nSPS) is 9.88. The maximum atomic E-state index is 8.71. The molecule has 0 aromatic carbocycles. The third-order valence-electron chi connectivity index (χ3n) is 2.11. The molecule has 0 amide bonds. The average molecular weight is 229 g/mol. The molecule has 0 atom stereocenters. The molecule has 6 nitrogen and oxygen atoms in total. The first-order chi connectivity index (χ1) is 8.24. The monoisotopic (exact) mass is 229 g/mol. The second-order valence-electron chi connectivity index (χ2n) is 3.30. The Balaban J connectivity index is 2.36. The quantitative estimate of drug-likeness (QED) is 0.851. The minimum absolute atomic E-state index is 0.398. The highest BCUT2D eigenvalue weighted by Crippen LogP contribution is 2.17. The van der Waals surface area contributed by atoms with Crippen LogP contribution < -0.4 is 10.5 Å². The second-order valence-corrected chi connectivity index (χ2v) is 3.30. The van der Waals surface area contributed by atoms with E-state index in [2.05, 4.69) is 10.1 Å². The van der Waals surface area contributed by atoms with E-state index >= 15 is 0 Å². The van der Waals surface area contributed by atoms with Gasteiger partial charge in [-0.1, -0.05) is 0 Å². The molecule has 0 spiro atoms. The second kappa shape index (κ2) is 4.53. The number of nitrogens with zero attached hydrogens (tertiary/aromatic N) is 4. The lowest BCUT2D eigenvalue weighted by Gasteiger charge is -2.03. The summed E-state index contributed by atoms with van der Waals surface area (Å²) in [6.45, 7) is 2.47. The Kier molecular flexibility index (Phi) is 2.92. The highest BCUT2D eigenvalue weighted by Gasteiger charge is 2.07. The molecule has 2 rings (SSSR count). The molecule has 0 aliphatic carbocycles. The molecule has 2 N–H and O–H groups in total. The number of hydrogen-bond donors (Lipinski definition) is 1. The predicted molar refractivity (Wildman–Crippen MR) is 61.7 cm³/mol. The van der Waals surface area contributed by atoms with Crippen molar-refractivity contribution >= 4 is 5.69 Å². The molecular formula is C11H11N5O. The van der Waals surface area contributed by atoms with Crippen LogP contribution in [0, 0.1) is 11.3 Å². The lowest BCUT2D eigenvalue weighted by Crippen LogP contribution is -2.03. The van der Waals surface area contributed by atoms with Crippen LogP contribution in [0.4, 0.5) is 5.69 Å². The summed E-state index contributed by atoms with van der Waals surface area (Å²) < 4.78 is 6.80. The summed E-state index contributed by atoms with van der Waals surface area (Å²) in [5.41, 5.74) is 6.62. The van der Waals surface area contributed by atoms with E-state index in [1.54, 1.807) is 18.5 Å². The van der Waals surface area contributed by atoms with Gasteiger partial charge in [-0.25, -0.2) is 9.67 Å². The van der Waals surface area contributed by atoms with Gasteiger partial charge in [0.1, 0.15) is 6.07 Å². The molecule has 2 aromatic rings. The Labute approximate surface area is 98.3 Å². The lowest BCUT2D eigenvalue weighted by atomic mass is 10.3. The molecule has 0 radical (unpaired) electrons. The molecule has 0 aliphatic heterocycles. The third kappa shape index (κ3) is 2.18. The van der Waals surface area contributed by atoms with Crippen LogP contribution in [0.5, 0.6) is 5.75 Å². The SMILES string of the molecule is CCOc1cnn(-c2ncc(C#N)cc2N)c1. The van der Waals surface area contributed by atoms with Crippen molar-refractivity contribution in [2.75, 3.05) is 12.3 Å². The van der Waals surface area contributed by atoms with Gasteiger partial charge in [0.25, 0.3) is 0 Å². The number of nitrogens with two attached hydrogens (primary N) is 1. The maximum Gasteiger partial charge on any atom is 0.176 e. The van der Waals surface area contributed by atoms with E-state index in [4.69, 9.17) is 15.7 Å². The van der Waals surface area contributed by atoms with E-state index in [1.165, 1.54) is 10.9 Å². The fourth-order valence-corrected chi connectivity index (χ4v) is 1.39. The molecule has 2 aromatic heterocycles. The molecular weight excluding hydrogens is 218 g/mol. The molecule has 17 heavy (non-hydrogen) atoms. The largest absolute Gasteiger partial charge is 0.491 e. The highest BCUT2D eigenvalue weighted by molar-refractivity contribution is 5.56. The van der Waals surface area contributed by atoms with Gasteiger partial charge in [0, 0.05) is 6.20 Å². The van der Waals surface area contributed by atoms with Crippen molar-refractivity contribution < 1.29 is 4.74 Å². The lowest BCUT2D eigenvalue weighted by molar-refractivity contribution is 0.340. The zero-order valence-corrected chi connectivity index (χ0v) is 9.29. The van der Waals surface area contributed by atoms with Crippen LogP contribution in [0.3, 0.4) is 0 Å². The standard InChI is InChI=1S/C11H11N5O/c1-2-17-9-6-15-16(7-9)11-10(13)3-8(4-12)5-14-11/h3,5-7H,2,13H2,1H3. The van der Waals surface area contributed by atoms with Crippen molar-refractivity contribution in [2.24, 2.45) is 0 Å². The number of aromatic nitrogens is 3. The summed E-state index contributed by atoms with van der Waals surface area (Å²) in [5, 5.41) is 12.8. The zero-order chi connectivity index (χ0) is 12.3. The van der Waals surface area contributed by atoms with Gasteiger partial charge in [-0.2, -0.15) is 10.4 Å². The summed E-state index contributed by atoms with van der Waals surface area (Å²) in [5.74, 6) is 1.13. The van der Waals surface area contributed by atoms with Gasteiger partial charge in [0.05, 0.1) is 30.3 Å². The summed E-state index contributed by atoms with van der Waals surface area (Å²) in [4.78, 5) is 4.09. The fourth-order valence-electron chi connectivity index (χ4n) is 1.39. The van der Waals surface area contributed by atoms with E-state index in [9.17, 15) is 0 Å². The van der Waals surface area contributed by atoms with Crippen molar-refractivity contribution in [2.45, 2.75) is 6.92 Å². The Morgan fingerprint density at radius 3 is 3.00 bits per heavy atom. The summed E-state index contributed by atoms with van der Waals surface area (Å²) >= 11 is 0. The summed E-state index contributed by atoms with van der Waals surface area (Å²) in [7, 11) is 0. The Bertz CT molecular complexity index is 569. The molecule has 0 saturated carbocycles. The van der Waals surface area contributed by atoms with Gasteiger partial charge in [-0.05, 0) is 13.0 Å². The van der Waals surface area contributed by atoms with Gasteiger partial charge in [-0.3, -0.25) is 0 Å². The van der Waals surface area contributed by atoms with Crippen LogP contribution in [0.1, 0.15) is 12.5 Å². The zero-order valence-electron chi connectivity index (χ0n) is 9.29. The van der Waals surface area contributed by atoms with Crippen LogP contribution in [0.2, 0.25) is 0 Å². The molecule has 6 heteroatoms. The average Bonchev–Trinajstić information content (AvgIpc) is 2.78. The summed E-state index contributed by atoms with van der Waals surface area (Å²) in [6.07, 6.45) is 4.73. The smallest absolute Gasteiger partial charge is 0.176 e. The van der Waals surface area contributed by atoms with Gasteiger partial charge in [0.2, 0.25) is 0 Å². The van der Waals surface area contributed by atoms with Gasteiger partial charge >= 0.3 is 0 Å². The fraction of sp³-hybridized carbons (Fsp3) is 0.182. The predicted octanol–water partition coefficient (Wildman–Crippen LogP) is 1.12. The minimum Gasteiger partial charge on any atom is -0.491 e. The molecule has 0 bridgehead atoms. The van der Waals surface area contributed by atoms with Crippen molar-refractivity contribution in [1.82, 2.24) is 14.8 Å². The Hall–Kier alpha value is -2.55. The van der Waals surface area contributed by atoms with Crippen molar-refractivity contribution in [3.05, 3.63) is 30.2 Å². The van der Waals surface area contributed by atoms with Crippen LogP contribution >= 0.6 is 0 Å². The number of hydrogen-bond acceptors (Lipinski definition) is 5.